The minimum atomic E-state index is -0.533. The van der Waals surface area contributed by atoms with Gasteiger partial charge < -0.3 is 25.6 Å². The first-order valence-electron chi connectivity index (χ1n) is 12.6. The zero-order valence-electron chi connectivity index (χ0n) is 21.3. The lowest BCUT2D eigenvalue weighted by Crippen LogP contribution is -2.46. The van der Waals surface area contributed by atoms with E-state index in [2.05, 4.69) is 37.6 Å². The van der Waals surface area contributed by atoms with Crippen molar-refractivity contribution < 1.29 is 13.9 Å². The van der Waals surface area contributed by atoms with E-state index in [4.69, 9.17) is 10.5 Å². The number of likely N-dealkylation sites (N-methyl/N-ethyl adjacent to an activating group) is 1. The van der Waals surface area contributed by atoms with Gasteiger partial charge in [0.2, 0.25) is 5.91 Å². The molecular weight excluding hydrogens is 489 g/mol. The van der Waals surface area contributed by atoms with E-state index in [0.717, 1.165) is 55.8 Å². The van der Waals surface area contributed by atoms with E-state index in [1.165, 1.54) is 23.6 Å². The molecule has 2 aliphatic heterocycles. The number of nitrogens with two attached hydrogens (primary N) is 1. The quantitative estimate of drug-likeness (QED) is 0.341. The number of amides is 1. The maximum absolute atomic E-state index is 13.8. The molecule has 1 aromatic heterocycles. The number of carbonyl (C=O) groups excluding carboxylic acids is 1. The van der Waals surface area contributed by atoms with Crippen molar-refractivity contribution in [3.05, 3.63) is 66.6 Å². The van der Waals surface area contributed by atoms with Crippen molar-refractivity contribution in [2.45, 2.75) is 6.42 Å². The molecule has 0 atom stereocenters. The molecule has 2 aliphatic rings. The summed E-state index contributed by atoms with van der Waals surface area (Å²) in [4.78, 5) is 25.2. The van der Waals surface area contributed by atoms with Gasteiger partial charge in [0.05, 0.1) is 24.0 Å². The van der Waals surface area contributed by atoms with Crippen LogP contribution in [-0.2, 0) is 4.79 Å². The molecule has 2 aromatic carbocycles. The van der Waals surface area contributed by atoms with Gasteiger partial charge in [-0.2, -0.15) is 5.12 Å². The van der Waals surface area contributed by atoms with Gasteiger partial charge in [0.15, 0.2) is 0 Å². The van der Waals surface area contributed by atoms with Crippen LogP contribution in [0.1, 0.15) is 6.42 Å². The van der Waals surface area contributed by atoms with Crippen LogP contribution in [0.4, 0.5) is 15.9 Å². The van der Waals surface area contributed by atoms with Crippen LogP contribution in [0.25, 0.3) is 10.9 Å². The Balaban J connectivity index is 1.23. The van der Waals surface area contributed by atoms with E-state index in [1.54, 1.807) is 23.3 Å². The lowest BCUT2D eigenvalue weighted by molar-refractivity contribution is -0.118. The molecule has 3 aromatic rings. The van der Waals surface area contributed by atoms with Crippen LogP contribution in [0, 0.1) is 5.82 Å². The number of carbonyl (C=O) groups is 1. The zero-order valence-corrected chi connectivity index (χ0v) is 21.3. The van der Waals surface area contributed by atoms with Gasteiger partial charge in [-0.05, 0) is 37.7 Å². The maximum Gasteiger partial charge on any atom is 0.239 e. The number of aromatic nitrogens is 2. The lowest BCUT2D eigenvalue weighted by Gasteiger charge is -2.32. The Hall–Kier alpha value is -4.16. The van der Waals surface area contributed by atoms with E-state index in [9.17, 15) is 9.18 Å². The molecule has 0 unspecified atom stereocenters. The molecule has 38 heavy (non-hydrogen) atoms. The maximum atomic E-state index is 13.8. The summed E-state index contributed by atoms with van der Waals surface area (Å²) in [6.07, 6.45) is 4.10. The molecular formula is C26H32FN9O2. The molecule has 3 heterocycles. The Morgan fingerprint density at radius 2 is 2.00 bits per heavy atom. The lowest BCUT2D eigenvalue weighted by atomic mass is 10.2. The molecule has 0 aliphatic carbocycles. The number of nitrogens with one attached hydrogen (secondary N) is 2. The van der Waals surface area contributed by atoms with Gasteiger partial charge in [-0.3, -0.25) is 15.2 Å². The van der Waals surface area contributed by atoms with Crippen LogP contribution in [0.2, 0.25) is 0 Å². The van der Waals surface area contributed by atoms with Gasteiger partial charge in [-0.15, -0.1) is 0 Å². The average molecular weight is 522 g/mol. The molecule has 200 valence electrons. The van der Waals surface area contributed by atoms with E-state index in [0.29, 0.717) is 23.9 Å². The highest BCUT2D eigenvalue weighted by atomic mass is 19.1. The zero-order chi connectivity index (χ0) is 26.5. The summed E-state index contributed by atoms with van der Waals surface area (Å²) in [6, 6.07) is 11.7. The summed E-state index contributed by atoms with van der Waals surface area (Å²) < 4.78 is 19.8. The van der Waals surface area contributed by atoms with Crippen LogP contribution < -0.4 is 26.3 Å². The number of fused-ring (bicyclic) bond motifs is 1. The van der Waals surface area contributed by atoms with Crippen molar-refractivity contribution in [2.24, 2.45) is 5.73 Å². The SMILES string of the molecule is CN1CCN(CCCOc2ccc3c(NC4=CN(CC(N)=O)N(c5cccc(F)c5)N4)ncnc3c2)CC1. The Labute approximate surface area is 220 Å². The van der Waals surface area contributed by atoms with E-state index in [1.807, 2.05) is 18.2 Å². The molecule has 12 heteroatoms. The number of hydrogen-bond donors (Lipinski definition) is 3. The van der Waals surface area contributed by atoms with Crippen molar-refractivity contribution in [2.75, 3.05) is 63.4 Å². The van der Waals surface area contributed by atoms with E-state index < -0.39 is 11.7 Å². The second-order valence-electron chi connectivity index (χ2n) is 9.38. The van der Waals surface area contributed by atoms with Crippen molar-refractivity contribution in [3.8, 4) is 5.75 Å². The van der Waals surface area contributed by atoms with Crippen molar-refractivity contribution >= 4 is 28.3 Å². The van der Waals surface area contributed by atoms with Gasteiger partial charge >= 0.3 is 0 Å². The van der Waals surface area contributed by atoms with Crippen LogP contribution in [0.15, 0.2) is 60.8 Å². The third kappa shape index (κ3) is 6.21. The van der Waals surface area contributed by atoms with Gasteiger partial charge in [0.1, 0.15) is 36.1 Å². The fourth-order valence-electron chi connectivity index (χ4n) is 4.47. The fourth-order valence-corrected chi connectivity index (χ4v) is 4.47. The molecule has 4 N–H and O–H groups in total. The molecule has 5 rings (SSSR count). The first kappa shape index (κ1) is 25.5. The Morgan fingerprint density at radius 3 is 2.79 bits per heavy atom. The topological polar surface area (TPSA) is 115 Å². The number of piperazine rings is 1. The third-order valence-electron chi connectivity index (χ3n) is 6.48. The number of hydrogen-bond acceptors (Lipinski definition) is 10. The average Bonchev–Trinajstić information content (AvgIpc) is 3.29. The van der Waals surface area contributed by atoms with Crippen LogP contribution in [-0.4, -0.2) is 83.6 Å². The second-order valence-corrected chi connectivity index (χ2v) is 9.38. The first-order chi connectivity index (χ1) is 18.4. The third-order valence-corrected chi connectivity index (χ3v) is 6.48. The van der Waals surface area contributed by atoms with Crippen molar-refractivity contribution in [3.63, 3.8) is 0 Å². The summed E-state index contributed by atoms with van der Waals surface area (Å²) in [6.45, 7) is 5.99. The Kier molecular flexibility index (Phi) is 7.70. The number of rotatable bonds is 10. The van der Waals surface area contributed by atoms with Crippen LogP contribution >= 0.6 is 0 Å². The molecule has 0 saturated carbocycles. The summed E-state index contributed by atoms with van der Waals surface area (Å²) in [7, 11) is 2.16. The highest BCUT2D eigenvalue weighted by Crippen LogP contribution is 2.27. The number of nitrogens with zero attached hydrogens (tertiary/aromatic N) is 6. The minimum absolute atomic E-state index is 0.102. The highest BCUT2D eigenvalue weighted by Gasteiger charge is 2.24. The minimum Gasteiger partial charge on any atom is -0.493 e. The number of halogens is 1. The molecule has 0 spiro atoms. The molecule has 0 radical (unpaired) electrons. The van der Waals surface area contributed by atoms with Gasteiger partial charge in [0, 0.05) is 50.2 Å². The fraction of sp³-hybridized carbons (Fsp3) is 0.346. The van der Waals surface area contributed by atoms with Crippen LogP contribution in [0.5, 0.6) is 5.75 Å². The van der Waals surface area contributed by atoms with Crippen molar-refractivity contribution in [1.82, 2.24) is 30.2 Å². The summed E-state index contributed by atoms with van der Waals surface area (Å²) in [5.74, 6) is 0.914. The number of primary amides is 1. The Bertz CT molecular complexity index is 1310. The van der Waals surface area contributed by atoms with E-state index >= 15 is 0 Å². The first-order valence-corrected chi connectivity index (χ1v) is 12.6. The molecule has 0 bridgehead atoms. The molecule has 1 saturated heterocycles. The number of benzene rings is 2. The number of anilines is 2. The van der Waals surface area contributed by atoms with Gasteiger partial charge in [-0.1, -0.05) is 6.07 Å². The number of ether oxygens (including phenoxy) is 1. The summed E-state index contributed by atoms with van der Waals surface area (Å²) >= 11 is 0. The second kappa shape index (κ2) is 11.5. The van der Waals surface area contributed by atoms with E-state index in [-0.39, 0.29) is 6.54 Å². The number of hydrazine groups is 2. The monoisotopic (exact) mass is 521 g/mol. The summed E-state index contributed by atoms with van der Waals surface area (Å²) in [5, 5.41) is 7.12. The summed E-state index contributed by atoms with van der Waals surface area (Å²) in [5.41, 5.74) is 9.77. The van der Waals surface area contributed by atoms with Crippen LogP contribution in [0.3, 0.4) is 0 Å². The largest absolute Gasteiger partial charge is 0.493 e. The molecule has 1 fully saturated rings. The standard InChI is InChI=1S/C26H32FN9O2/c1-33-9-11-34(12-10-33)8-3-13-38-21-6-7-22-23(15-21)29-18-30-26(22)31-25-17-35(16-24(28)37)36(32-25)20-5-2-4-19(27)14-20/h2,4-7,14-15,17-18,32H,3,8-13,16H2,1H3,(H2,28,37)(H,29,30,31). The molecule has 11 nitrogen and oxygen atoms in total. The molecule has 1 amide bonds. The Morgan fingerprint density at radius 1 is 1.16 bits per heavy atom. The highest BCUT2D eigenvalue weighted by molar-refractivity contribution is 5.90. The predicted octanol–water partition coefficient (Wildman–Crippen LogP) is 1.72. The smallest absolute Gasteiger partial charge is 0.239 e. The predicted molar refractivity (Wildman–Crippen MR) is 143 cm³/mol. The normalized spacial score (nSPS) is 16.4. The van der Waals surface area contributed by atoms with Gasteiger partial charge in [-0.25, -0.2) is 14.4 Å². The van der Waals surface area contributed by atoms with Gasteiger partial charge in [0.25, 0.3) is 0 Å². The van der Waals surface area contributed by atoms with Crippen molar-refractivity contribution in [1.29, 1.82) is 0 Å².